The topological polar surface area (TPSA) is 39.9 Å². The minimum absolute atomic E-state index is 0. The van der Waals surface area contributed by atoms with Crippen LogP contribution in [0.5, 0.6) is 0 Å². The number of nitrogens with zero attached hydrogens (tertiary/aromatic N) is 3. The van der Waals surface area contributed by atoms with Crippen LogP contribution in [0.25, 0.3) is 0 Å². The summed E-state index contributed by atoms with van der Waals surface area (Å²) in [7, 11) is 0. The molecule has 0 unspecified atom stereocenters. The normalized spacial score (nSPS) is 18.1. The van der Waals surface area contributed by atoms with Gasteiger partial charge < -0.3 is 4.98 Å². The van der Waals surface area contributed by atoms with Crippen LogP contribution in [0.15, 0.2) is 54.6 Å². The third kappa shape index (κ3) is 4.63. The van der Waals surface area contributed by atoms with Crippen LogP contribution >= 0.6 is 0 Å². The summed E-state index contributed by atoms with van der Waals surface area (Å²) in [6, 6.07) is 23.3. The summed E-state index contributed by atoms with van der Waals surface area (Å²) >= 11 is 0. The van der Waals surface area contributed by atoms with E-state index < -0.39 is 0 Å². The van der Waals surface area contributed by atoms with E-state index in [4.69, 9.17) is 15.0 Å². The Morgan fingerprint density at radius 2 is 0.875 bits per heavy atom. The molecule has 0 N–H and O–H groups in total. The van der Waals surface area contributed by atoms with Crippen molar-refractivity contribution in [2.24, 2.45) is 0 Å². The van der Waals surface area contributed by atoms with E-state index in [1.807, 2.05) is 0 Å². The van der Waals surface area contributed by atoms with Crippen molar-refractivity contribution >= 4 is 0 Å². The molecule has 8 bridgehead atoms. The molecule has 3 nitrogen and oxygen atoms in total. The SMILES string of the molecule is CCc1c2[n-]c(c1CC)C(C)(C)c1cccc(n1)C(C)(C)c1[c-]c(ccc1)C(C)(C)c1cccc(n1)C2(C)C.[Pt+2]. The third-order valence-corrected chi connectivity index (χ3v) is 9.25. The Bertz CT molecular complexity index is 1430. The van der Waals surface area contributed by atoms with E-state index in [2.05, 4.69) is 130 Å². The molecule has 0 saturated heterocycles. The molecule has 5 rings (SSSR count). The maximum Gasteiger partial charge on any atom is 2.00 e. The zero-order valence-corrected chi connectivity index (χ0v) is 28.0. The van der Waals surface area contributed by atoms with Crippen molar-refractivity contribution in [1.29, 1.82) is 0 Å². The fourth-order valence-corrected chi connectivity index (χ4v) is 6.31. The molecule has 40 heavy (non-hydrogen) atoms. The third-order valence-electron chi connectivity index (χ3n) is 9.25. The van der Waals surface area contributed by atoms with Crippen molar-refractivity contribution < 1.29 is 21.1 Å². The van der Waals surface area contributed by atoms with Gasteiger partial charge in [0.1, 0.15) is 0 Å². The Kier molecular flexibility index (Phi) is 7.91. The Hall–Kier alpha value is -2.51. The fourth-order valence-electron chi connectivity index (χ4n) is 6.31. The molecule has 4 aromatic rings. The van der Waals surface area contributed by atoms with Crippen LogP contribution in [-0.4, -0.2) is 9.97 Å². The zero-order valence-electron chi connectivity index (χ0n) is 25.8. The Morgan fingerprint density at radius 1 is 0.550 bits per heavy atom. The maximum absolute atomic E-state index is 5.50. The quantitative estimate of drug-likeness (QED) is 0.198. The number of rotatable bonds is 2. The fraction of sp³-hybridized carbons (Fsp3) is 0.444. The molecule has 212 valence electrons. The van der Waals surface area contributed by atoms with Crippen LogP contribution in [0.4, 0.5) is 0 Å². The summed E-state index contributed by atoms with van der Waals surface area (Å²) in [6.07, 6.45) is 1.88. The molecule has 1 aliphatic rings. The number of hydrogen-bond donors (Lipinski definition) is 0. The van der Waals surface area contributed by atoms with Gasteiger partial charge in [-0.25, -0.2) is 0 Å². The molecule has 0 fully saturated rings. The molecule has 0 saturated carbocycles. The van der Waals surface area contributed by atoms with Gasteiger partial charge in [0.25, 0.3) is 0 Å². The summed E-state index contributed by atoms with van der Waals surface area (Å²) < 4.78 is 0. The number of fused-ring (bicyclic) bond motifs is 8. The molecule has 0 aliphatic carbocycles. The number of hydrogen-bond acceptors (Lipinski definition) is 2. The van der Waals surface area contributed by atoms with Gasteiger partial charge in [-0.3, -0.25) is 9.97 Å². The molecule has 0 atom stereocenters. The molecule has 1 aromatic carbocycles. The van der Waals surface area contributed by atoms with Gasteiger partial charge in [0, 0.05) is 44.4 Å². The first-order chi connectivity index (χ1) is 18.3. The van der Waals surface area contributed by atoms with Crippen LogP contribution in [-0.2, 0) is 55.6 Å². The summed E-state index contributed by atoms with van der Waals surface area (Å²) in [5.74, 6) is 0. The molecule has 0 amide bonds. The predicted molar refractivity (Wildman–Crippen MR) is 161 cm³/mol. The summed E-state index contributed by atoms with van der Waals surface area (Å²) in [6.45, 7) is 22.6. The largest absolute Gasteiger partial charge is 2.00 e. The van der Waals surface area contributed by atoms with Crippen molar-refractivity contribution in [1.82, 2.24) is 15.0 Å². The van der Waals surface area contributed by atoms with E-state index in [0.717, 1.165) is 58.1 Å². The van der Waals surface area contributed by atoms with Crippen LogP contribution in [0.1, 0.15) is 126 Å². The monoisotopic (exact) mass is 712 g/mol. The van der Waals surface area contributed by atoms with Crippen molar-refractivity contribution in [3.05, 3.63) is 117 Å². The van der Waals surface area contributed by atoms with E-state index in [-0.39, 0.29) is 42.7 Å². The van der Waals surface area contributed by atoms with E-state index in [9.17, 15) is 0 Å². The second kappa shape index (κ2) is 10.4. The van der Waals surface area contributed by atoms with Crippen molar-refractivity contribution in [2.75, 3.05) is 0 Å². The van der Waals surface area contributed by atoms with Crippen LogP contribution < -0.4 is 4.98 Å². The first kappa shape index (κ1) is 30.4. The van der Waals surface area contributed by atoms with Gasteiger partial charge in [0.2, 0.25) is 0 Å². The summed E-state index contributed by atoms with van der Waals surface area (Å²) in [5.41, 5.74) is 10.1. The summed E-state index contributed by atoms with van der Waals surface area (Å²) in [4.78, 5) is 16.2. The van der Waals surface area contributed by atoms with E-state index in [0.29, 0.717) is 0 Å². The Balaban J connectivity index is 0.00000370. The molecule has 0 radical (unpaired) electrons. The summed E-state index contributed by atoms with van der Waals surface area (Å²) in [5, 5.41) is 0. The Morgan fingerprint density at radius 3 is 1.23 bits per heavy atom. The molecule has 4 heterocycles. The van der Waals surface area contributed by atoms with Gasteiger partial charge in [-0.1, -0.05) is 92.5 Å². The Labute approximate surface area is 255 Å². The van der Waals surface area contributed by atoms with Crippen LogP contribution in [0, 0.1) is 6.07 Å². The maximum atomic E-state index is 5.50. The first-order valence-electron chi connectivity index (χ1n) is 14.4. The average Bonchev–Trinajstić information content (AvgIpc) is 3.33. The van der Waals surface area contributed by atoms with Gasteiger partial charge in [0.15, 0.2) is 0 Å². The van der Waals surface area contributed by atoms with Gasteiger partial charge >= 0.3 is 21.1 Å². The van der Waals surface area contributed by atoms with Gasteiger partial charge in [-0.05, 0) is 37.1 Å². The van der Waals surface area contributed by atoms with Crippen molar-refractivity contribution in [3.8, 4) is 0 Å². The molecule has 3 aromatic heterocycles. The van der Waals surface area contributed by atoms with Crippen LogP contribution in [0.2, 0.25) is 0 Å². The van der Waals surface area contributed by atoms with Crippen molar-refractivity contribution in [2.45, 2.75) is 104 Å². The second-order valence-electron chi connectivity index (χ2n) is 13.3. The molecular weight excluding hydrogens is 669 g/mol. The van der Waals surface area contributed by atoms with E-state index >= 15 is 0 Å². The first-order valence-corrected chi connectivity index (χ1v) is 14.4. The van der Waals surface area contributed by atoms with Crippen molar-refractivity contribution in [3.63, 3.8) is 0 Å². The number of aromatic nitrogens is 3. The minimum Gasteiger partial charge on any atom is -0.663 e. The average molecular weight is 713 g/mol. The van der Waals surface area contributed by atoms with E-state index in [1.165, 1.54) is 11.1 Å². The van der Waals surface area contributed by atoms with Gasteiger partial charge in [-0.2, -0.15) is 35.4 Å². The molecule has 1 aliphatic heterocycles. The predicted octanol–water partition coefficient (Wildman–Crippen LogP) is 7.97. The minimum atomic E-state index is -0.352. The molecule has 4 heteroatoms. The number of pyridine rings is 2. The standard InChI is InChI=1S/C36H43N3.Pt/c1-11-25-26(12-2)32-36(9,10)30-21-15-19-28(38-30)34(5,6)24-17-13-16-23(22-24)33(3,4)27-18-14-20-29(37-27)35(7,8)31(25)39-32;/h13-21H,11-12H2,1-10H3;/q-2;+2. The van der Waals surface area contributed by atoms with Crippen LogP contribution in [0.3, 0.4) is 0 Å². The zero-order chi connectivity index (χ0) is 28.4. The van der Waals surface area contributed by atoms with Gasteiger partial charge in [0.05, 0.1) is 0 Å². The second-order valence-corrected chi connectivity index (χ2v) is 13.3. The number of benzene rings is 1. The smallest absolute Gasteiger partial charge is 0.663 e. The molecular formula is C36H43N3Pt. The van der Waals surface area contributed by atoms with Gasteiger partial charge in [-0.15, -0.1) is 11.4 Å². The van der Waals surface area contributed by atoms with E-state index in [1.54, 1.807) is 0 Å². The molecule has 0 spiro atoms.